The predicted octanol–water partition coefficient (Wildman–Crippen LogP) is 0.949. The molecule has 1 unspecified atom stereocenters. The molecule has 1 heterocycles. The quantitative estimate of drug-likeness (QED) is 0.594. The van der Waals surface area contributed by atoms with Gasteiger partial charge in [0.2, 0.25) is 0 Å². The molecular weight excluding hydrogens is 164 g/mol. The van der Waals surface area contributed by atoms with E-state index in [1.165, 1.54) is 6.42 Å². The van der Waals surface area contributed by atoms with Crippen molar-refractivity contribution >= 4 is 6.29 Å². The minimum absolute atomic E-state index is 0.181. The lowest BCUT2D eigenvalue weighted by molar-refractivity contribution is -0.112. The lowest BCUT2D eigenvalue weighted by Gasteiger charge is -2.27. The number of hydrogen-bond acceptors (Lipinski definition) is 3. The van der Waals surface area contributed by atoms with E-state index >= 15 is 0 Å². The average molecular weight is 184 g/mol. The number of carbonyl (C=O) groups excluding carboxylic acids is 1. The van der Waals surface area contributed by atoms with Crippen molar-refractivity contribution in [2.24, 2.45) is 0 Å². The first-order valence-corrected chi connectivity index (χ1v) is 5.23. The standard InChI is InChI=1S/C10H20N2O/c1-3-11(4-2)9-12-7-5-6-10(12)8-13/h8,10H,3-7,9H2,1-2H3. The Morgan fingerprint density at radius 3 is 2.69 bits per heavy atom. The van der Waals surface area contributed by atoms with Gasteiger partial charge in [0.1, 0.15) is 6.29 Å². The van der Waals surface area contributed by atoms with Crippen LogP contribution in [0, 0.1) is 0 Å². The summed E-state index contributed by atoms with van der Waals surface area (Å²) in [6, 6.07) is 0.181. The predicted molar refractivity (Wildman–Crippen MR) is 53.6 cm³/mol. The molecule has 1 fully saturated rings. The zero-order valence-corrected chi connectivity index (χ0v) is 8.70. The Hall–Kier alpha value is -0.410. The normalized spacial score (nSPS) is 24.1. The first-order valence-electron chi connectivity index (χ1n) is 5.23. The van der Waals surface area contributed by atoms with Crippen LogP contribution in [0.4, 0.5) is 0 Å². The van der Waals surface area contributed by atoms with E-state index in [-0.39, 0.29) is 6.04 Å². The Morgan fingerprint density at radius 1 is 1.46 bits per heavy atom. The summed E-state index contributed by atoms with van der Waals surface area (Å²) in [5.74, 6) is 0. The van der Waals surface area contributed by atoms with Gasteiger partial charge in [-0.15, -0.1) is 0 Å². The highest BCUT2D eigenvalue weighted by molar-refractivity contribution is 5.58. The lowest BCUT2D eigenvalue weighted by Crippen LogP contribution is -2.41. The molecule has 0 N–H and O–H groups in total. The summed E-state index contributed by atoms with van der Waals surface area (Å²) >= 11 is 0. The third-order valence-electron chi connectivity index (χ3n) is 2.85. The SMILES string of the molecule is CCN(CC)CN1CCCC1C=O. The third-order valence-corrected chi connectivity index (χ3v) is 2.85. The largest absolute Gasteiger partial charge is 0.302 e. The zero-order valence-electron chi connectivity index (χ0n) is 8.70. The van der Waals surface area contributed by atoms with E-state index < -0.39 is 0 Å². The van der Waals surface area contributed by atoms with E-state index in [1.54, 1.807) is 0 Å². The second-order valence-electron chi connectivity index (χ2n) is 3.60. The number of nitrogens with zero attached hydrogens (tertiary/aromatic N) is 2. The number of carbonyl (C=O) groups is 1. The average Bonchev–Trinajstić information content (AvgIpc) is 2.61. The van der Waals surface area contributed by atoms with E-state index in [1.807, 2.05) is 0 Å². The van der Waals surface area contributed by atoms with Crippen molar-refractivity contribution in [2.45, 2.75) is 32.7 Å². The van der Waals surface area contributed by atoms with Crippen molar-refractivity contribution in [1.82, 2.24) is 9.80 Å². The van der Waals surface area contributed by atoms with Crippen LogP contribution >= 0.6 is 0 Å². The fraction of sp³-hybridized carbons (Fsp3) is 0.900. The van der Waals surface area contributed by atoms with Crippen molar-refractivity contribution in [3.8, 4) is 0 Å². The van der Waals surface area contributed by atoms with Gasteiger partial charge in [0.05, 0.1) is 12.7 Å². The highest BCUT2D eigenvalue weighted by Gasteiger charge is 2.24. The van der Waals surface area contributed by atoms with Gasteiger partial charge in [0.25, 0.3) is 0 Å². The maximum Gasteiger partial charge on any atom is 0.137 e. The second kappa shape index (κ2) is 5.35. The molecule has 0 radical (unpaired) electrons. The number of aldehydes is 1. The molecule has 0 spiro atoms. The molecule has 76 valence electrons. The molecule has 0 aromatic rings. The molecule has 0 aromatic heterocycles. The van der Waals surface area contributed by atoms with Gasteiger partial charge in [0, 0.05) is 6.54 Å². The van der Waals surface area contributed by atoms with Crippen molar-refractivity contribution in [2.75, 3.05) is 26.3 Å². The molecule has 0 aliphatic carbocycles. The Kier molecular flexibility index (Phi) is 4.39. The van der Waals surface area contributed by atoms with Gasteiger partial charge in [-0.3, -0.25) is 9.80 Å². The van der Waals surface area contributed by atoms with E-state index in [4.69, 9.17) is 0 Å². The Balaban J connectivity index is 2.37. The maximum absolute atomic E-state index is 10.7. The highest BCUT2D eigenvalue weighted by atomic mass is 16.1. The number of hydrogen-bond donors (Lipinski definition) is 0. The monoisotopic (exact) mass is 184 g/mol. The first-order chi connectivity index (χ1) is 6.31. The van der Waals surface area contributed by atoms with Crippen LogP contribution in [0.15, 0.2) is 0 Å². The molecule has 13 heavy (non-hydrogen) atoms. The van der Waals surface area contributed by atoms with Crippen LogP contribution < -0.4 is 0 Å². The minimum Gasteiger partial charge on any atom is -0.302 e. The highest BCUT2D eigenvalue weighted by Crippen LogP contribution is 2.15. The van der Waals surface area contributed by atoms with Crippen LogP contribution in [0.1, 0.15) is 26.7 Å². The number of rotatable bonds is 5. The molecule has 1 rings (SSSR count). The summed E-state index contributed by atoms with van der Waals surface area (Å²) in [5, 5.41) is 0. The van der Waals surface area contributed by atoms with E-state index in [0.29, 0.717) is 0 Å². The zero-order chi connectivity index (χ0) is 9.68. The van der Waals surface area contributed by atoms with E-state index in [0.717, 1.165) is 39.0 Å². The fourth-order valence-electron chi connectivity index (χ4n) is 1.86. The van der Waals surface area contributed by atoms with Crippen LogP contribution in [0.2, 0.25) is 0 Å². The lowest BCUT2D eigenvalue weighted by atomic mass is 10.2. The Labute approximate surface area is 80.7 Å². The van der Waals surface area contributed by atoms with E-state index in [2.05, 4.69) is 23.6 Å². The van der Waals surface area contributed by atoms with Crippen molar-refractivity contribution in [3.05, 3.63) is 0 Å². The first kappa shape index (κ1) is 10.7. The van der Waals surface area contributed by atoms with Gasteiger partial charge in [-0.1, -0.05) is 13.8 Å². The van der Waals surface area contributed by atoms with Crippen LogP contribution in [-0.4, -0.2) is 48.4 Å². The van der Waals surface area contributed by atoms with Gasteiger partial charge >= 0.3 is 0 Å². The molecule has 1 saturated heterocycles. The summed E-state index contributed by atoms with van der Waals surface area (Å²) in [4.78, 5) is 15.3. The molecule has 1 atom stereocenters. The summed E-state index contributed by atoms with van der Waals surface area (Å²) in [7, 11) is 0. The van der Waals surface area contributed by atoms with Crippen LogP contribution in [0.25, 0.3) is 0 Å². The molecule has 0 bridgehead atoms. The smallest absolute Gasteiger partial charge is 0.137 e. The minimum atomic E-state index is 0.181. The van der Waals surface area contributed by atoms with Gasteiger partial charge in [0.15, 0.2) is 0 Å². The topological polar surface area (TPSA) is 23.6 Å². The van der Waals surface area contributed by atoms with Crippen LogP contribution in [0.3, 0.4) is 0 Å². The molecule has 1 aliphatic rings. The van der Waals surface area contributed by atoms with Gasteiger partial charge in [-0.2, -0.15) is 0 Å². The maximum atomic E-state index is 10.7. The molecular formula is C10H20N2O. The Bertz CT molecular complexity index is 157. The van der Waals surface area contributed by atoms with Crippen LogP contribution in [-0.2, 0) is 4.79 Å². The van der Waals surface area contributed by atoms with Gasteiger partial charge < -0.3 is 4.79 Å². The van der Waals surface area contributed by atoms with Crippen LogP contribution in [0.5, 0.6) is 0 Å². The third kappa shape index (κ3) is 2.78. The molecule has 0 aromatic carbocycles. The van der Waals surface area contributed by atoms with E-state index in [9.17, 15) is 4.79 Å². The van der Waals surface area contributed by atoms with Crippen molar-refractivity contribution < 1.29 is 4.79 Å². The number of likely N-dealkylation sites (tertiary alicyclic amines) is 1. The summed E-state index contributed by atoms with van der Waals surface area (Å²) in [6.07, 6.45) is 3.31. The molecule has 3 nitrogen and oxygen atoms in total. The Morgan fingerprint density at radius 2 is 2.15 bits per heavy atom. The summed E-state index contributed by atoms with van der Waals surface area (Å²) in [5.41, 5.74) is 0. The molecule has 0 saturated carbocycles. The molecule has 1 aliphatic heterocycles. The van der Waals surface area contributed by atoms with Gasteiger partial charge in [-0.05, 0) is 25.9 Å². The molecule has 3 heteroatoms. The molecule has 0 amide bonds. The van der Waals surface area contributed by atoms with Crippen molar-refractivity contribution in [3.63, 3.8) is 0 Å². The van der Waals surface area contributed by atoms with Crippen molar-refractivity contribution in [1.29, 1.82) is 0 Å². The summed E-state index contributed by atoms with van der Waals surface area (Å²) < 4.78 is 0. The summed E-state index contributed by atoms with van der Waals surface area (Å²) in [6.45, 7) is 8.50. The fourth-order valence-corrected chi connectivity index (χ4v) is 1.86. The second-order valence-corrected chi connectivity index (χ2v) is 3.60. The van der Waals surface area contributed by atoms with Gasteiger partial charge in [-0.25, -0.2) is 0 Å².